The number of rotatable bonds is 5. The predicted octanol–water partition coefficient (Wildman–Crippen LogP) is 5.91. The summed E-state index contributed by atoms with van der Waals surface area (Å²) in [5, 5.41) is 2.86. The van der Waals surface area contributed by atoms with Crippen molar-refractivity contribution >= 4 is 28.8 Å². The lowest BCUT2D eigenvalue weighted by Gasteiger charge is -2.17. The second kappa shape index (κ2) is 8.70. The molecule has 4 rings (SSSR count). The van der Waals surface area contributed by atoms with Crippen molar-refractivity contribution in [2.45, 2.75) is 27.1 Å². The van der Waals surface area contributed by atoms with E-state index in [-0.39, 0.29) is 17.0 Å². The van der Waals surface area contributed by atoms with Crippen LogP contribution in [0.15, 0.2) is 72.4 Å². The van der Waals surface area contributed by atoms with Gasteiger partial charge >= 0.3 is 6.36 Å². The fraction of sp³-hybridized carbons (Fsp3) is 0.154. The fourth-order valence-electron chi connectivity index (χ4n) is 3.86. The minimum absolute atomic E-state index is 0.0304. The number of benzene rings is 3. The number of carbonyl (C=O) groups excluding carboxylic acids is 2. The average Bonchev–Trinajstić information content (AvgIpc) is 2.96. The molecule has 8 heteroatoms. The highest BCUT2D eigenvalue weighted by Gasteiger charge is 2.40. The molecular formula is C26H21F3N2O3. The van der Waals surface area contributed by atoms with E-state index in [1.165, 1.54) is 12.1 Å². The standard InChI is InChI=1S/C26H21F3N2O3/c1-15-7-9-18(10-8-15)22-23(30-19-5-4-6-21(14-19)34-26(27,28)29)25(33)31(24(22)32)20-12-16(2)11-17(3)13-20/h4-14,30H,1-3H3. The van der Waals surface area contributed by atoms with Crippen molar-refractivity contribution in [3.05, 3.63) is 94.7 Å². The Morgan fingerprint density at radius 3 is 2.06 bits per heavy atom. The van der Waals surface area contributed by atoms with Gasteiger partial charge in [-0.25, -0.2) is 4.90 Å². The van der Waals surface area contributed by atoms with E-state index in [1.807, 2.05) is 39.0 Å². The summed E-state index contributed by atoms with van der Waals surface area (Å²) in [5.41, 5.74) is 3.94. The topological polar surface area (TPSA) is 58.6 Å². The van der Waals surface area contributed by atoms with Crippen LogP contribution in [0.3, 0.4) is 0 Å². The van der Waals surface area contributed by atoms with Crippen molar-refractivity contribution in [1.82, 2.24) is 0 Å². The van der Waals surface area contributed by atoms with E-state index in [9.17, 15) is 22.8 Å². The number of hydrogen-bond acceptors (Lipinski definition) is 4. The molecule has 1 N–H and O–H groups in total. The van der Waals surface area contributed by atoms with Gasteiger partial charge in [0.1, 0.15) is 11.4 Å². The number of alkyl halides is 3. The third kappa shape index (κ3) is 4.80. The van der Waals surface area contributed by atoms with Crippen LogP contribution in [0.25, 0.3) is 5.57 Å². The molecule has 0 aliphatic carbocycles. The minimum Gasteiger partial charge on any atom is -0.406 e. The van der Waals surface area contributed by atoms with Crippen LogP contribution in [0, 0.1) is 20.8 Å². The second-order valence-electron chi connectivity index (χ2n) is 8.11. The van der Waals surface area contributed by atoms with Gasteiger partial charge in [0, 0.05) is 11.8 Å². The van der Waals surface area contributed by atoms with E-state index in [0.29, 0.717) is 11.3 Å². The lowest BCUT2D eigenvalue weighted by Crippen LogP contribution is -2.32. The summed E-state index contributed by atoms with van der Waals surface area (Å²) < 4.78 is 41.9. The smallest absolute Gasteiger partial charge is 0.406 e. The van der Waals surface area contributed by atoms with Crippen LogP contribution in [-0.2, 0) is 9.59 Å². The lowest BCUT2D eigenvalue weighted by molar-refractivity contribution is -0.274. The second-order valence-corrected chi connectivity index (χ2v) is 8.11. The first kappa shape index (κ1) is 23.1. The Balaban J connectivity index is 1.79. The molecule has 1 aliphatic rings. The molecule has 0 bridgehead atoms. The number of nitrogens with one attached hydrogen (secondary N) is 1. The highest BCUT2D eigenvalue weighted by molar-refractivity contribution is 6.46. The summed E-state index contributed by atoms with van der Waals surface area (Å²) in [6.45, 7) is 5.62. The van der Waals surface area contributed by atoms with Gasteiger partial charge in [-0.05, 0) is 61.7 Å². The maximum atomic E-state index is 13.5. The highest BCUT2D eigenvalue weighted by Crippen LogP contribution is 2.35. The van der Waals surface area contributed by atoms with E-state index in [1.54, 1.807) is 24.3 Å². The predicted molar refractivity (Wildman–Crippen MR) is 123 cm³/mol. The SMILES string of the molecule is Cc1ccc(C2=C(Nc3cccc(OC(F)(F)F)c3)C(=O)N(c3cc(C)cc(C)c3)C2=O)cc1. The maximum Gasteiger partial charge on any atom is 0.573 e. The van der Waals surface area contributed by atoms with Gasteiger partial charge < -0.3 is 10.1 Å². The summed E-state index contributed by atoms with van der Waals surface area (Å²) in [4.78, 5) is 28.1. The molecule has 0 saturated heterocycles. The number of carbonyl (C=O) groups is 2. The van der Waals surface area contributed by atoms with Gasteiger partial charge in [0.15, 0.2) is 0 Å². The largest absolute Gasteiger partial charge is 0.573 e. The zero-order valence-electron chi connectivity index (χ0n) is 18.7. The van der Waals surface area contributed by atoms with Gasteiger partial charge in [0.2, 0.25) is 0 Å². The Bertz CT molecular complexity index is 1290. The van der Waals surface area contributed by atoms with Crippen LogP contribution >= 0.6 is 0 Å². The van der Waals surface area contributed by atoms with E-state index in [2.05, 4.69) is 10.1 Å². The van der Waals surface area contributed by atoms with Crippen LogP contribution in [-0.4, -0.2) is 18.2 Å². The molecule has 2 amide bonds. The minimum atomic E-state index is -4.86. The Kier molecular flexibility index (Phi) is 5.91. The number of aryl methyl sites for hydroxylation is 3. The maximum absolute atomic E-state index is 13.5. The van der Waals surface area contributed by atoms with Crippen LogP contribution < -0.4 is 15.0 Å². The van der Waals surface area contributed by atoms with Gasteiger partial charge in [-0.15, -0.1) is 13.2 Å². The van der Waals surface area contributed by atoms with Crippen molar-refractivity contribution in [3.8, 4) is 5.75 Å². The first-order valence-electron chi connectivity index (χ1n) is 10.4. The van der Waals surface area contributed by atoms with Crippen LogP contribution in [0.1, 0.15) is 22.3 Å². The van der Waals surface area contributed by atoms with Gasteiger partial charge in [0.05, 0.1) is 11.3 Å². The quantitative estimate of drug-likeness (QED) is 0.475. The molecule has 1 heterocycles. The summed E-state index contributed by atoms with van der Waals surface area (Å²) in [6.07, 6.45) is -4.86. The van der Waals surface area contributed by atoms with E-state index in [4.69, 9.17) is 0 Å². The third-order valence-corrected chi connectivity index (χ3v) is 5.23. The molecule has 1 aliphatic heterocycles. The highest BCUT2D eigenvalue weighted by atomic mass is 19.4. The van der Waals surface area contributed by atoms with Crippen LogP contribution in [0.2, 0.25) is 0 Å². The average molecular weight is 466 g/mol. The van der Waals surface area contributed by atoms with Gasteiger partial charge in [0.25, 0.3) is 11.8 Å². The summed E-state index contributed by atoms with van der Waals surface area (Å²) in [6, 6.07) is 17.6. The number of amides is 2. The zero-order valence-corrected chi connectivity index (χ0v) is 18.7. The molecule has 3 aromatic rings. The number of ether oxygens (including phenoxy) is 1. The summed E-state index contributed by atoms with van der Waals surface area (Å²) in [7, 11) is 0. The molecule has 0 unspecified atom stereocenters. The molecule has 0 fully saturated rings. The van der Waals surface area contributed by atoms with Crippen molar-refractivity contribution in [2.24, 2.45) is 0 Å². The molecule has 0 aromatic heterocycles. The Labute approximate surface area is 194 Å². The van der Waals surface area contributed by atoms with Gasteiger partial charge in [-0.1, -0.05) is 42.0 Å². The molecule has 0 spiro atoms. The number of nitrogens with zero attached hydrogens (tertiary/aromatic N) is 1. The molecule has 5 nitrogen and oxygen atoms in total. The Morgan fingerprint density at radius 1 is 0.794 bits per heavy atom. The number of hydrogen-bond donors (Lipinski definition) is 1. The molecular weight excluding hydrogens is 445 g/mol. The van der Waals surface area contributed by atoms with Crippen molar-refractivity contribution < 1.29 is 27.5 Å². The summed E-state index contributed by atoms with van der Waals surface area (Å²) >= 11 is 0. The summed E-state index contributed by atoms with van der Waals surface area (Å²) in [5.74, 6) is -1.57. The molecule has 0 atom stereocenters. The molecule has 174 valence electrons. The van der Waals surface area contributed by atoms with Crippen molar-refractivity contribution in [3.63, 3.8) is 0 Å². The zero-order chi connectivity index (χ0) is 24.6. The molecule has 3 aromatic carbocycles. The molecule has 34 heavy (non-hydrogen) atoms. The number of halogens is 3. The Morgan fingerprint density at radius 2 is 1.44 bits per heavy atom. The third-order valence-electron chi connectivity index (χ3n) is 5.23. The first-order chi connectivity index (χ1) is 16.0. The fourth-order valence-corrected chi connectivity index (χ4v) is 3.86. The van der Waals surface area contributed by atoms with E-state index < -0.39 is 23.9 Å². The lowest BCUT2D eigenvalue weighted by atomic mass is 10.0. The van der Waals surface area contributed by atoms with Crippen molar-refractivity contribution in [1.29, 1.82) is 0 Å². The van der Waals surface area contributed by atoms with E-state index in [0.717, 1.165) is 33.7 Å². The Hall–Kier alpha value is -4.07. The first-order valence-corrected chi connectivity index (χ1v) is 10.4. The van der Waals surface area contributed by atoms with Crippen molar-refractivity contribution in [2.75, 3.05) is 10.2 Å². The van der Waals surface area contributed by atoms with Gasteiger partial charge in [-0.3, -0.25) is 9.59 Å². The molecule has 0 radical (unpaired) electrons. The number of anilines is 2. The number of imide groups is 1. The van der Waals surface area contributed by atoms with E-state index >= 15 is 0 Å². The monoisotopic (exact) mass is 466 g/mol. The van der Waals surface area contributed by atoms with Gasteiger partial charge in [-0.2, -0.15) is 0 Å². The van der Waals surface area contributed by atoms with Crippen LogP contribution in [0.4, 0.5) is 24.5 Å². The molecule has 0 saturated carbocycles. The normalized spacial score (nSPS) is 14.1. The van der Waals surface area contributed by atoms with Crippen LogP contribution in [0.5, 0.6) is 5.75 Å².